The highest BCUT2D eigenvalue weighted by Crippen LogP contribution is 2.28. The number of aromatic nitrogens is 2. The number of fused-ring (bicyclic) bond motifs is 2. The van der Waals surface area contributed by atoms with Crippen molar-refractivity contribution >= 4 is 27.6 Å². The first-order chi connectivity index (χ1) is 15.6. The zero-order chi connectivity index (χ0) is 22.7. The van der Waals surface area contributed by atoms with Gasteiger partial charge in [-0.25, -0.2) is 4.98 Å². The van der Waals surface area contributed by atoms with Gasteiger partial charge in [-0.05, 0) is 41.8 Å². The van der Waals surface area contributed by atoms with Crippen LogP contribution in [0.3, 0.4) is 0 Å². The van der Waals surface area contributed by atoms with Crippen LogP contribution in [0.25, 0.3) is 21.7 Å². The number of carbonyl (C=O) groups is 1. The van der Waals surface area contributed by atoms with Crippen LogP contribution in [-0.2, 0) is 7.05 Å². The van der Waals surface area contributed by atoms with Gasteiger partial charge in [-0.2, -0.15) is 0 Å². The Morgan fingerprint density at radius 3 is 2.41 bits per heavy atom. The normalized spacial score (nSPS) is 12.2. The summed E-state index contributed by atoms with van der Waals surface area (Å²) in [6.07, 6.45) is 2.52. The number of nitrogens with zero attached hydrogens (tertiary/aromatic N) is 3. The van der Waals surface area contributed by atoms with Crippen LogP contribution in [0.5, 0.6) is 0 Å². The SMILES string of the molecule is CCCCN(C(=O)c1cccc2ccccc12)C(CC)c1nc2ccccc2c(=O)n1C. The number of rotatable bonds is 7. The predicted molar refractivity (Wildman–Crippen MR) is 130 cm³/mol. The first-order valence-electron chi connectivity index (χ1n) is 11.3. The topological polar surface area (TPSA) is 55.2 Å². The van der Waals surface area contributed by atoms with Crippen LogP contribution >= 0.6 is 0 Å². The maximum atomic E-state index is 13.9. The Morgan fingerprint density at radius 1 is 0.969 bits per heavy atom. The highest BCUT2D eigenvalue weighted by molar-refractivity contribution is 6.07. The zero-order valence-electron chi connectivity index (χ0n) is 18.9. The van der Waals surface area contributed by atoms with E-state index < -0.39 is 0 Å². The monoisotopic (exact) mass is 427 g/mol. The van der Waals surface area contributed by atoms with Crippen molar-refractivity contribution in [2.45, 2.75) is 39.2 Å². The summed E-state index contributed by atoms with van der Waals surface area (Å²) in [6, 6.07) is 20.9. The number of unbranched alkanes of at least 4 members (excludes halogenated alkanes) is 1. The molecule has 3 aromatic carbocycles. The van der Waals surface area contributed by atoms with Crippen LogP contribution < -0.4 is 5.56 Å². The minimum Gasteiger partial charge on any atom is -0.328 e. The average Bonchev–Trinajstić information content (AvgIpc) is 2.83. The summed E-state index contributed by atoms with van der Waals surface area (Å²) < 4.78 is 1.60. The van der Waals surface area contributed by atoms with E-state index in [-0.39, 0.29) is 17.5 Å². The minimum atomic E-state index is -0.296. The van der Waals surface area contributed by atoms with Gasteiger partial charge in [-0.1, -0.05) is 68.8 Å². The second-order valence-corrected chi connectivity index (χ2v) is 8.15. The smallest absolute Gasteiger partial charge is 0.261 e. The standard InChI is InChI=1S/C27H29N3O2/c1-4-6-18-30(27(32)21-16-11-13-19-12-7-8-14-20(19)21)24(5-2)25-28-23-17-10-9-15-22(23)26(31)29(25)3/h7-17,24H,4-6,18H2,1-3H3. The van der Waals surface area contributed by atoms with Crippen LogP contribution in [-0.4, -0.2) is 26.9 Å². The Kier molecular flexibility index (Phi) is 6.35. The van der Waals surface area contributed by atoms with E-state index in [9.17, 15) is 9.59 Å². The second-order valence-electron chi connectivity index (χ2n) is 8.15. The maximum absolute atomic E-state index is 13.9. The molecule has 5 heteroatoms. The van der Waals surface area contributed by atoms with Crippen LogP contribution in [0, 0.1) is 0 Å². The minimum absolute atomic E-state index is 0.0236. The first-order valence-corrected chi connectivity index (χ1v) is 11.3. The van der Waals surface area contributed by atoms with Gasteiger partial charge in [0.1, 0.15) is 5.82 Å². The Morgan fingerprint density at radius 2 is 1.66 bits per heavy atom. The van der Waals surface area contributed by atoms with E-state index in [4.69, 9.17) is 4.98 Å². The quantitative estimate of drug-likeness (QED) is 0.392. The number of para-hydroxylation sites is 1. The molecule has 0 radical (unpaired) electrons. The molecule has 164 valence electrons. The molecule has 32 heavy (non-hydrogen) atoms. The van der Waals surface area contributed by atoms with Gasteiger partial charge in [-0.3, -0.25) is 14.2 Å². The fourth-order valence-corrected chi connectivity index (χ4v) is 4.37. The largest absolute Gasteiger partial charge is 0.328 e. The maximum Gasteiger partial charge on any atom is 0.261 e. The lowest BCUT2D eigenvalue weighted by Gasteiger charge is -2.32. The van der Waals surface area contributed by atoms with Crippen LogP contribution in [0.1, 0.15) is 55.3 Å². The molecular formula is C27H29N3O2. The number of hydrogen-bond acceptors (Lipinski definition) is 3. The Balaban J connectivity index is 1.85. The van der Waals surface area contributed by atoms with Gasteiger partial charge in [0, 0.05) is 19.2 Å². The molecule has 0 aliphatic rings. The average molecular weight is 428 g/mol. The summed E-state index contributed by atoms with van der Waals surface area (Å²) in [5, 5.41) is 2.57. The lowest BCUT2D eigenvalue weighted by Crippen LogP contribution is -2.39. The number of benzene rings is 3. The van der Waals surface area contributed by atoms with Crippen molar-refractivity contribution in [3.63, 3.8) is 0 Å². The molecule has 1 heterocycles. The molecule has 0 bridgehead atoms. The van der Waals surface area contributed by atoms with Crippen molar-refractivity contribution < 1.29 is 4.79 Å². The summed E-state index contributed by atoms with van der Waals surface area (Å²) in [7, 11) is 1.75. The summed E-state index contributed by atoms with van der Waals surface area (Å²) in [5.74, 6) is 0.602. The first kappa shape index (κ1) is 21.8. The van der Waals surface area contributed by atoms with Gasteiger partial charge in [0.15, 0.2) is 0 Å². The molecule has 5 nitrogen and oxygen atoms in total. The predicted octanol–water partition coefficient (Wildman–Crippen LogP) is 5.48. The van der Waals surface area contributed by atoms with Crippen LogP contribution in [0.15, 0.2) is 71.5 Å². The van der Waals surface area contributed by atoms with Crippen molar-refractivity contribution in [1.82, 2.24) is 14.5 Å². The summed E-state index contributed by atoms with van der Waals surface area (Å²) in [6.45, 7) is 4.77. The molecular weight excluding hydrogens is 398 g/mol. The Labute approximate surface area is 188 Å². The molecule has 1 aromatic heterocycles. The Hall–Kier alpha value is -3.47. The van der Waals surface area contributed by atoms with Crippen molar-refractivity contribution in [1.29, 1.82) is 0 Å². The lowest BCUT2D eigenvalue weighted by molar-refractivity contribution is 0.0656. The molecule has 0 aliphatic heterocycles. The highest BCUT2D eigenvalue weighted by Gasteiger charge is 2.29. The summed E-state index contributed by atoms with van der Waals surface area (Å²) >= 11 is 0. The zero-order valence-corrected chi connectivity index (χ0v) is 18.9. The van der Waals surface area contributed by atoms with Crippen molar-refractivity contribution in [3.05, 3.63) is 88.5 Å². The van der Waals surface area contributed by atoms with Gasteiger partial charge >= 0.3 is 0 Å². The molecule has 0 aliphatic carbocycles. The summed E-state index contributed by atoms with van der Waals surface area (Å²) in [4.78, 5) is 33.7. The van der Waals surface area contributed by atoms with E-state index in [0.717, 1.165) is 23.6 Å². The molecule has 1 atom stereocenters. The second kappa shape index (κ2) is 9.35. The van der Waals surface area contributed by atoms with E-state index in [1.807, 2.05) is 72.5 Å². The number of amides is 1. The van der Waals surface area contributed by atoms with Gasteiger partial charge in [0.25, 0.3) is 11.5 Å². The summed E-state index contributed by atoms with van der Waals surface area (Å²) in [5.41, 5.74) is 1.26. The van der Waals surface area contributed by atoms with Crippen LogP contribution in [0.4, 0.5) is 0 Å². The third-order valence-electron chi connectivity index (χ3n) is 6.11. The molecule has 0 spiro atoms. The molecule has 0 N–H and O–H groups in total. The lowest BCUT2D eigenvalue weighted by atomic mass is 10.0. The highest BCUT2D eigenvalue weighted by atomic mass is 16.2. The van der Waals surface area contributed by atoms with Crippen molar-refractivity contribution in [3.8, 4) is 0 Å². The van der Waals surface area contributed by atoms with Gasteiger partial charge in [0.05, 0.1) is 16.9 Å². The van der Waals surface area contributed by atoms with E-state index in [2.05, 4.69) is 6.92 Å². The molecule has 4 aromatic rings. The molecule has 0 saturated carbocycles. The molecule has 1 amide bonds. The van der Waals surface area contributed by atoms with Crippen molar-refractivity contribution in [2.24, 2.45) is 7.05 Å². The van der Waals surface area contributed by atoms with E-state index in [1.165, 1.54) is 0 Å². The third kappa shape index (κ3) is 3.91. The molecule has 0 fully saturated rings. The van der Waals surface area contributed by atoms with E-state index >= 15 is 0 Å². The molecule has 4 rings (SSSR count). The fourth-order valence-electron chi connectivity index (χ4n) is 4.37. The Bertz CT molecular complexity index is 1320. The third-order valence-corrected chi connectivity index (χ3v) is 6.11. The van der Waals surface area contributed by atoms with E-state index in [1.54, 1.807) is 17.7 Å². The molecule has 1 unspecified atom stereocenters. The van der Waals surface area contributed by atoms with Gasteiger partial charge < -0.3 is 4.90 Å². The number of carbonyl (C=O) groups excluding carboxylic acids is 1. The van der Waals surface area contributed by atoms with Crippen molar-refractivity contribution in [2.75, 3.05) is 6.54 Å². The number of hydrogen-bond donors (Lipinski definition) is 0. The van der Waals surface area contributed by atoms with E-state index in [0.29, 0.717) is 35.3 Å². The van der Waals surface area contributed by atoms with Gasteiger partial charge in [0.2, 0.25) is 0 Å². The fraction of sp³-hybridized carbons (Fsp3) is 0.296. The molecule has 0 saturated heterocycles. The van der Waals surface area contributed by atoms with Gasteiger partial charge in [-0.15, -0.1) is 0 Å². The van der Waals surface area contributed by atoms with Crippen LogP contribution in [0.2, 0.25) is 0 Å².